The lowest BCUT2D eigenvalue weighted by atomic mass is 10.2. The topological polar surface area (TPSA) is 74.5 Å². The van der Waals surface area contributed by atoms with Crippen LogP contribution in [-0.2, 0) is 11.3 Å². The highest BCUT2D eigenvalue weighted by Gasteiger charge is 2.38. The third kappa shape index (κ3) is 5.94. The fourth-order valence-corrected chi connectivity index (χ4v) is 3.38. The highest BCUT2D eigenvalue weighted by Crippen LogP contribution is 2.24. The van der Waals surface area contributed by atoms with Gasteiger partial charge in [-0.05, 0) is 24.6 Å². The van der Waals surface area contributed by atoms with Gasteiger partial charge >= 0.3 is 12.1 Å². The predicted octanol–water partition coefficient (Wildman–Crippen LogP) is 3.58. The van der Waals surface area contributed by atoms with E-state index in [1.807, 2.05) is 31.1 Å². The maximum atomic E-state index is 10.6. The lowest BCUT2D eigenvalue weighted by Crippen LogP contribution is -2.22. The van der Waals surface area contributed by atoms with Crippen LogP contribution in [0, 0.1) is 0 Å². The summed E-state index contributed by atoms with van der Waals surface area (Å²) in [6.45, 7) is 3.02. The molecule has 1 atom stereocenters. The first-order valence-corrected chi connectivity index (χ1v) is 9.73. The Morgan fingerprint density at radius 3 is 2.55 bits per heavy atom. The first kappa shape index (κ1) is 22.5. The third-order valence-corrected chi connectivity index (χ3v) is 4.93. The van der Waals surface area contributed by atoms with E-state index in [1.54, 1.807) is 0 Å². The summed E-state index contributed by atoms with van der Waals surface area (Å²) in [5, 5.41) is 13.1. The van der Waals surface area contributed by atoms with Crippen molar-refractivity contribution < 1.29 is 23.1 Å². The number of halogens is 3. The maximum Gasteiger partial charge on any atom is 0.490 e. The number of alkyl halides is 3. The predicted molar refractivity (Wildman–Crippen MR) is 111 cm³/mol. The number of hydrogen-bond donors (Lipinski definition) is 1. The van der Waals surface area contributed by atoms with Gasteiger partial charge in [-0.25, -0.2) is 9.78 Å². The number of carbonyl (C=O) groups is 1. The summed E-state index contributed by atoms with van der Waals surface area (Å²) in [6, 6.07) is 15.0. The van der Waals surface area contributed by atoms with Crippen molar-refractivity contribution in [3.63, 3.8) is 0 Å². The van der Waals surface area contributed by atoms with Gasteiger partial charge in [-0.3, -0.25) is 9.58 Å². The van der Waals surface area contributed by atoms with Gasteiger partial charge in [-0.15, -0.1) is 0 Å². The molecule has 31 heavy (non-hydrogen) atoms. The van der Waals surface area contributed by atoms with Gasteiger partial charge in [-0.1, -0.05) is 24.3 Å². The van der Waals surface area contributed by atoms with Crippen LogP contribution in [0.5, 0.6) is 0 Å². The van der Waals surface area contributed by atoms with E-state index in [1.165, 1.54) is 5.39 Å². The van der Waals surface area contributed by atoms with Crippen LogP contribution in [0.15, 0.2) is 48.7 Å². The molecule has 0 saturated carbocycles. The summed E-state index contributed by atoms with van der Waals surface area (Å²) < 4.78 is 33.9. The van der Waals surface area contributed by atoms with E-state index in [-0.39, 0.29) is 0 Å². The minimum Gasteiger partial charge on any atom is -0.475 e. The van der Waals surface area contributed by atoms with Crippen molar-refractivity contribution in [2.45, 2.75) is 25.2 Å². The van der Waals surface area contributed by atoms with Crippen molar-refractivity contribution in [3.05, 3.63) is 54.4 Å². The first-order chi connectivity index (χ1) is 14.6. The number of carboxylic acids is 1. The van der Waals surface area contributed by atoms with Crippen LogP contribution in [0.3, 0.4) is 0 Å². The van der Waals surface area contributed by atoms with Crippen molar-refractivity contribution in [3.8, 4) is 0 Å². The van der Waals surface area contributed by atoms with Gasteiger partial charge in [0.15, 0.2) is 0 Å². The Morgan fingerprint density at radius 1 is 1.19 bits per heavy atom. The van der Waals surface area contributed by atoms with Crippen LogP contribution in [0.25, 0.3) is 10.9 Å². The van der Waals surface area contributed by atoms with Crippen LogP contribution in [-0.4, -0.2) is 64.1 Å². The molecule has 0 radical (unpaired) electrons. The molecule has 1 aliphatic rings. The van der Waals surface area contributed by atoms with Crippen molar-refractivity contribution in [1.82, 2.24) is 19.7 Å². The molecule has 1 N–H and O–H groups in total. The van der Waals surface area contributed by atoms with Gasteiger partial charge in [0.25, 0.3) is 0 Å². The third-order valence-electron chi connectivity index (χ3n) is 4.93. The normalized spacial score (nSPS) is 16.7. The van der Waals surface area contributed by atoms with E-state index >= 15 is 0 Å². The zero-order chi connectivity index (χ0) is 22.6. The molecule has 4 rings (SSSR count). The molecule has 3 heterocycles. The minimum absolute atomic E-state index is 0.453. The number of likely N-dealkylation sites (tertiary alicyclic amines) is 1. The molecule has 1 unspecified atom stereocenters. The van der Waals surface area contributed by atoms with E-state index in [0.717, 1.165) is 43.1 Å². The quantitative estimate of drug-likeness (QED) is 0.675. The fourth-order valence-electron chi connectivity index (χ4n) is 3.38. The Labute approximate surface area is 177 Å². The van der Waals surface area contributed by atoms with Gasteiger partial charge in [0.2, 0.25) is 0 Å². The Hall–Kier alpha value is -3.14. The second kappa shape index (κ2) is 9.34. The van der Waals surface area contributed by atoms with Gasteiger partial charge in [0.1, 0.15) is 5.82 Å². The number of aromatic nitrogens is 3. The second-order valence-corrected chi connectivity index (χ2v) is 7.53. The Morgan fingerprint density at radius 2 is 1.90 bits per heavy atom. The number of benzene rings is 1. The molecular weight excluding hydrogens is 411 g/mol. The smallest absolute Gasteiger partial charge is 0.475 e. The molecule has 10 heteroatoms. The van der Waals surface area contributed by atoms with Crippen LogP contribution >= 0.6 is 0 Å². The summed E-state index contributed by atoms with van der Waals surface area (Å²) in [6.07, 6.45) is -1.77. The summed E-state index contributed by atoms with van der Waals surface area (Å²) in [7, 11) is 4.06. The fraction of sp³-hybridized carbons (Fsp3) is 0.381. The van der Waals surface area contributed by atoms with Crippen molar-refractivity contribution >= 4 is 22.7 Å². The molecule has 1 aromatic carbocycles. The van der Waals surface area contributed by atoms with E-state index < -0.39 is 12.1 Å². The molecule has 0 bridgehead atoms. The monoisotopic (exact) mass is 435 g/mol. The van der Waals surface area contributed by atoms with Crippen molar-refractivity contribution in [2.24, 2.45) is 0 Å². The molecule has 0 spiro atoms. The van der Waals surface area contributed by atoms with E-state index in [0.29, 0.717) is 6.04 Å². The Bertz CT molecular complexity index is 1000. The van der Waals surface area contributed by atoms with Crippen LogP contribution in [0.4, 0.5) is 19.0 Å². The SMILES string of the molecule is CN(C)c1cccc(CN2CCC(n3cc4ccccc4n3)C2)n1.O=C(O)C(F)(F)F. The zero-order valence-corrected chi connectivity index (χ0v) is 17.3. The Balaban J connectivity index is 0.000000339. The second-order valence-electron chi connectivity index (χ2n) is 7.53. The number of nitrogens with zero attached hydrogens (tertiary/aromatic N) is 5. The minimum atomic E-state index is -5.08. The molecule has 1 saturated heterocycles. The van der Waals surface area contributed by atoms with Crippen LogP contribution < -0.4 is 4.90 Å². The van der Waals surface area contributed by atoms with Gasteiger partial charge < -0.3 is 10.0 Å². The summed E-state index contributed by atoms with van der Waals surface area (Å²) in [5.74, 6) is -1.74. The molecular formula is C21H24F3N5O2. The van der Waals surface area contributed by atoms with E-state index in [4.69, 9.17) is 20.0 Å². The van der Waals surface area contributed by atoms with E-state index in [2.05, 4.69) is 46.1 Å². The zero-order valence-electron chi connectivity index (χ0n) is 17.3. The molecule has 0 aliphatic carbocycles. The maximum absolute atomic E-state index is 10.6. The van der Waals surface area contributed by atoms with Crippen molar-refractivity contribution in [2.75, 3.05) is 32.1 Å². The highest BCUT2D eigenvalue weighted by atomic mass is 19.4. The van der Waals surface area contributed by atoms with Crippen LogP contribution in [0.1, 0.15) is 18.2 Å². The average molecular weight is 435 g/mol. The largest absolute Gasteiger partial charge is 0.490 e. The van der Waals surface area contributed by atoms with Crippen LogP contribution in [0.2, 0.25) is 0 Å². The van der Waals surface area contributed by atoms with Gasteiger partial charge in [-0.2, -0.15) is 18.3 Å². The van der Waals surface area contributed by atoms with E-state index in [9.17, 15) is 13.2 Å². The molecule has 3 aromatic rings. The first-order valence-electron chi connectivity index (χ1n) is 9.73. The number of carboxylic acid groups (broad SMARTS) is 1. The molecule has 7 nitrogen and oxygen atoms in total. The summed E-state index contributed by atoms with van der Waals surface area (Å²) in [5.41, 5.74) is 2.21. The number of anilines is 1. The number of fused-ring (bicyclic) bond motifs is 1. The lowest BCUT2D eigenvalue weighted by Gasteiger charge is -2.17. The Kier molecular flexibility index (Phi) is 6.79. The molecule has 2 aromatic heterocycles. The van der Waals surface area contributed by atoms with Crippen molar-refractivity contribution in [1.29, 1.82) is 0 Å². The summed E-state index contributed by atoms with van der Waals surface area (Å²) >= 11 is 0. The standard InChI is InChI=1S/C19H23N5.C2HF3O2/c1-22(2)19-9-5-7-16(20-19)13-23-11-10-17(14-23)24-12-15-6-3-4-8-18(15)21-24;3-2(4,5)1(6)7/h3-9,12,17H,10-11,13-14H2,1-2H3;(H,6,7). The number of hydrogen-bond acceptors (Lipinski definition) is 5. The number of rotatable bonds is 4. The van der Waals surface area contributed by atoms with Gasteiger partial charge in [0.05, 0.1) is 17.3 Å². The number of pyridine rings is 1. The molecule has 1 aliphatic heterocycles. The average Bonchev–Trinajstić information content (AvgIpc) is 3.34. The highest BCUT2D eigenvalue weighted by molar-refractivity contribution is 5.77. The molecule has 166 valence electrons. The lowest BCUT2D eigenvalue weighted by molar-refractivity contribution is -0.192. The number of aliphatic carboxylic acids is 1. The molecule has 0 amide bonds. The summed E-state index contributed by atoms with van der Waals surface area (Å²) in [4.78, 5) is 18.1. The van der Waals surface area contributed by atoms with Gasteiger partial charge in [0, 0.05) is 45.3 Å². The molecule has 1 fully saturated rings.